The van der Waals surface area contributed by atoms with Crippen LogP contribution in [0.1, 0.15) is 57.0 Å². The van der Waals surface area contributed by atoms with Crippen LogP contribution in [0.2, 0.25) is 10.0 Å². The van der Waals surface area contributed by atoms with Gasteiger partial charge in [-0.2, -0.15) is 21.4 Å². The van der Waals surface area contributed by atoms with Crippen LogP contribution >= 0.6 is 23.2 Å². The molecule has 372 valence electrons. The number of nitrogens with zero attached hydrogens (tertiary/aromatic N) is 5. The second kappa shape index (κ2) is 21.6. The van der Waals surface area contributed by atoms with Crippen molar-refractivity contribution in [3.8, 4) is 5.75 Å². The summed E-state index contributed by atoms with van der Waals surface area (Å²) in [5, 5.41) is 0.659. The standard InChI is InChI=1S/C23H23Cl2N3O4S.C23H24N2O8S2.C2H4/c1-4-26-19-12-16(24)17(25)13-20(19)28(14-33(29,30)31)22(26)10-15(3)11-23-27(5-2)18-8-6-7-9-21(18)32-23;1-4-17(11-22-24(13-34(26,27)28)18-9-15(2)5-7-20(18)32-22)12-23-25(14-35(29,30)31)19-10-16(3)6-8-21(19)33-23;1-2/h6-13H,4-5,14H2,1-3H3;5-12H,4,13-14H2,1-3H3,(H-,26,27,28,29,30,31);1-2H2/p+1. The second-order valence-electron chi connectivity index (χ2n) is 16.0. The largest absolute Gasteiger partial charge is 0.743 e. The Balaban J connectivity index is 0.000000222. The summed E-state index contributed by atoms with van der Waals surface area (Å²) in [5.74, 6) is -0.183. The van der Waals surface area contributed by atoms with Crippen LogP contribution in [0.15, 0.2) is 130 Å². The Bertz CT molecular complexity index is 3460. The van der Waals surface area contributed by atoms with Gasteiger partial charge in [0.15, 0.2) is 27.6 Å². The first-order valence-corrected chi connectivity index (χ1v) is 27.1. The van der Waals surface area contributed by atoms with E-state index in [2.05, 4.69) is 17.7 Å². The van der Waals surface area contributed by atoms with Gasteiger partial charge in [-0.3, -0.25) is 14.0 Å². The van der Waals surface area contributed by atoms with Gasteiger partial charge < -0.3 is 27.9 Å². The molecule has 2 aromatic heterocycles. The molecule has 22 heteroatoms. The molecule has 0 atom stereocenters. The number of allylic oxidation sites excluding steroid dienone is 4. The maximum atomic E-state index is 11.8. The zero-order valence-corrected chi connectivity index (χ0v) is 43.0. The molecule has 0 amide bonds. The predicted molar refractivity (Wildman–Crippen MR) is 271 cm³/mol. The van der Waals surface area contributed by atoms with Crippen LogP contribution in [0.3, 0.4) is 0 Å². The summed E-state index contributed by atoms with van der Waals surface area (Å²) in [6.07, 6.45) is 7.33. The van der Waals surface area contributed by atoms with Gasteiger partial charge >= 0.3 is 11.8 Å². The Morgan fingerprint density at radius 1 is 0.714 bits per heavy atom. The third kappa shape index (κ3) is 12.5. The molecule has 70 heavy (non-hydrogen) atoms. The summed E-state index contributed by atoms with van der Waals surface area (Å²) in [6.45, 7) is 18.7. The number of hydrogen-bond donors (Lipinski definition) is 2. The number of rotatable bonds is 13. The Morgan fingerprint density at radius 2 is 1.29 bits per heavy atom. The molecule has 6 aromatic rings. The Labute approximate surface area is 417 Å². The molecule has 0 bridgehead atoms. The first kappa shape index (κ1) is 53.4. The molecule has 0 fully saturated rings. The van der Waals surface area contributed by atoms with E-state index in [0.717, 1.165) is 34.3 Å². The minimum Gasteiger partial charge on any atom is -0.743 e. The zero-order chi connectivity index (χ0) is 51.5. The fraction of sp³-hybridized carbons (Fsp3) is 0.250. The van der Waals surface area contributed by atoms with Gasteiger partial charge in [-0.15, -0.1) is 17.7 Å². The monoisotopic (exact) mass is 1060 g/mol. The normalized spacial score (nSPS) is 15.3. The molecule has 0 spiro atoms. The van der Waals surface area contributed by atoms with Crippen LogP contribution in [0.5, 0.6) is 5.75 Å². The van der Waals surface area contributed by atoms with E-state index in [-0.39, 0.29) is 11.8 Å². The van der Waals surface area contributed by atoms with Crippen molar-refractivity contribution in [2.75, 3.05) is 33.0 Å². The van der Waals surface area contributed by atoms with Crippen molar-refractivity contribution >= 4 is 105 Å². The van der Waals surface area contributed by atoms with Gasteiger partial charge in [-0.25, -0.2) is 8.42 Å². The first-order chi connectivity index (χ1) is 32.9. The number of oxazole rings is 2. The van der Waals surface area contributed by atoms with Gasteiger partial charge in [0.2, 0.25) is 22.9 Å². The summed E-state index contributed by atoms with van der Waals surface area (Å²) in [5.41, 5.74) is 7.53. The van der Waals surface area contributed by atoms with Crippen molar-refractivity contribution in [2.45, 2.75) is 60.4 Å². The van der Waals surface area contributed by atoms with Crippen LogP contribution in [0, 0.1) is 13.8 Å². The maximum Gasteiger partial charge on any atom is 0.375 e. The van der Waals surface area contributed by atoms with Crippen molar-refractivity contribution in [3.05, 3.63) is 154 Å². The molecule has 8 rings (SSSR count). The molecule has 0 aliphatic carbocycles. The van der Waals surface area contributed by atoms with Crippen molar-refractivity contribution < 1.29 is 61.6 Å². The van der Waals surface area contributed by atoms with Gasteiger partial charge in [-0.05, 0) is 106 Å². The van der Waals surface area contributed by atoms with Crippen molar-refractivity contribution in [1.29, 1.82) is 0 Å². The van der Waals surface area contributed by atoms with Gasteiger partial charge in [0.25, 0.3) is 31.3 Å². The summed E-state index contributed by atoms with van der Waals surface area (Å²) < 4.78 is 122. The van der Waals surface area contributed by atoms with E-state index in [0.29, 0.717) is 74.2 Å². The summed E-state index contributed by atoms with van der Waals surface area (Å²) in [6, 6.07) is 21.6. The molecule has 0 saturated heterocycles. The number of halogens is 2. The fourth-order valence-corrected chi connectivity index (χ4v) is 9.94. The van der Waals surface area contributed by atoms with E-state index < -0.39 is 48.0 Å². The molecule has 2 aliphatic rings. The number of para-hydroxylation sites is 2. The molecule has 0 radical (unpaired) electrons. The highest BCUT2D eigenvalue weighted by Crippen LogP contribution is 2.46. The average Bonchev–Trinajstić information content (AvgIpc) is 3.98. The number of aryl methyl sites for hydroxylation is 3. The van der Waals surface area contributed by atoms with Gasteiger partial charge in [0.05, 0.1) is 39.3 Å². The lowest BCUT2D eigenvalue weighted by Gasteiger charge is -2.23. The van der Waals surface area contributed by atoms with E-state index in [9.17, 15) is 38.9 Å². The highest BCUT2D eigenvalue weighted by Gasteiger charge is 2.35. The number of ether oxygens (including phenoxy) is 1. The number of hydrogen-bond acceptors (Lipinski definition) is 13. The minimum absolute atomic E-state index is 0.131. The molecule has 0 saturated carbocycles. The van der Waals surface area contributed by atoms with E-state index >= 15 is 0 Å². The van der Waals surface area contributed by atoms with E-state index in [1.165, 1.54) is 14.4 Å². The lowest BCUT2D eigenvalue weighted by Crippen LogP contribution is -2.39. The van der Waals surface area contributed by atoms with Crippen LogP contribution in [0.25, 0.3) is 34.4 Å². The van der Waals surface area contributed by atoms with E-state index in [1.54, 1.807) is 54.6 Å². The predicted octanol–water partition coefficient (Wildman–Crippen LogP) is 9.50. The SMILES string of the molecule is C=C.CCC(=C\c1oc2ccc(C)cc2[n+]1CS(=O)(=O)[O-])/C=C1/Oc2ccc(C)cc2N1CS(=O)(=O)O.CCN1/C(=C/C(C)=C/c2oc3ccccc3[n+]2CC)N(CS(=O)(=O)O)c2cc(Cl)c(Cl)cc21. The van der Waals surface area contributed by atoms with Gasteiger partial charge in [0.1, 0.15) is 12.4 Å². The quantitative estimate of drug-likeness (QED) is 0.0625. The maximum absolute atomic E-state index is 11.8. The van der Waals surface area contributed by atoms with Crippen LogP contribution < -0.4 is 28.6 Å². The van der Waals surface area contributed by atoms with Crippen molar-refractivity contribution in [2.24, 2.45) is 0 Å². The first-order valence-electron chi connectivity index (χ1n) is 21.6. The lowest BCUT2D eigenvalue weighted by molar-refractivity contribution is -0.674. The van der Waals surface area contributed by atoms with Crippen molar-refractivity contribution in [1.82, 2.24) is 0 Å². The number of aromatic nitrogens is 2. The molecular formula is C48H52Cl2N5O12S3+. The number of fused-ring (bicyclic) bond motifs is 4. The average molecular weight is 1060 g/mol. The summed E-state index contributed by atoms with van der Waals surface area (Å²) >= 11 is 12.5. The van der Waals surface area contributed by atoms with Crippen LogP contribution in [0.4, 0.5) is 17.1 Å². The topological polar surface area (TPSA) is 219 Å². The van der Waals surface area contributed by atoms with Crippen LogP contribution in [-0.4, -0.2) is 57.2 Å². The number of benzene rings is 4. The molecular weight excluding hydrogens is 1010 g/mol. The van der Waals surface area contributed by atoms with Gasteiger partial charge in [0, 0.05) is 24.8 Å². The Kier molecular flexibility index (Phi) is 16.5. The summed E-state index contributed by atoms with van der Waals surface area (Å²) in [7, 11) is -13.3. The third-order valence-corrected chi connectivity index (χ3v) is 13.3. The smallest absolute Gasteiger partial charge is 0.375 e. The van der Waals surface area contributed by atoms with E-state index in [1.807, 2.05) is 88.9 Å². The van der Waals surface area contributed by atoms with E-state index in [4.69, 9.17) is 36.8 Å². The third-order valence-electron chi connectivity index (χ3n) is 10.8. The molecule has 0 unspecified atom stereocenters. The zero-order valence-electron chi connectivity index (χ0n) is 39.1. The minimum atomic E-state index is -4.63. The van der Waals surface area contributed by atoms with Gasteiger partial charge in [-0.1, -0.05) is 54.4 Å². The molecule has 2 N–H and O–H groups in total. The Hall–Kier alpha value is -5.97. The van der Waals surface area contributed by atoms with Crippen LogP contribution in [-0.2, 0) is 42.8 Å². The second-order valence-corrected chi connectivity index (χ2v) is 21.0. The molecule has 2 aliphatic heterocycles. The van der Waals surface area contributed by atoms with Crippen molar-refractivity contribution in [3.63, 3.8) is 0 Å². The summed E-state index contributed by atoms with van der Waals surface area (Å²) in [4.78, 5) is 4.77. The molecule has 17 nitrogen and oxygen atoms in total. The molecule has 4 aromatic carbocycles. The Morgan fingerprint density at radius 3 is 1.89 bits per heavy atom. The fourth-order valence-electron chi connectivity index (χ4n) is 7.85. The molecule has 4 heterocycles. The number of anilines is 3. The highest BCUT2D eigenvalue weighted by atomic mass is 35.5. The highest BCUT2D eigenvalue weighted by molar-refractivity contribution is 7.86. The lowest BCUT2D eigenvalue weighted by atomic mass is 10.2.